The topological polar surface area (TPSA) is 53.4 Å². The number of benzene rings is 2. The summed E-state index contributed by atoms with van der Waals surface area (Å²) in [5.41, 5.74) is 1.63. The summed E-state index contributed by atoms with van der Waals surface area (Å²) in [7, 11) is 3.21. The third kappa shape index (κ3) is 3.46. The summed E-state index contributed by atoms with van der Waals surface area (Å²) in [4.78, 5) is 17.3. The first-order valence-corrected chi connectivity index (χ1v) is 8.29. The molecule has 6 heteroatoms. The molecule has 0 atom stereocenters. The molecule has 130 valence electrons. The van der Waals surface area contributed by atoms with Gasteiger partial charge in [0.2, 0.25) is 0 Å². The molecule has 0 aliphatic carbocycles. The van der Waals surface area contributed by atoms with Crippen LogP contribution in [0.25, 0.3) is 10.9 Å². The standard InChI is InChI=1S/C19H19ClN2O3/c1-12-21-16-6-5-14(20)11-15(16)19(23)22(12)9-8-13-4-7-17(24-2)18(10-13)25-3/h4-7,10-11H,8-9H2,1-3H3. The molecule has 3 aromatic rings. The minimum atomic E-state index is -0.0783. The second kappa shape index (κ2) is 7.15. The maximum atomic E-state index is 12.8. The zero-order valence-corrected chi connectivity index (χ0v) is 15.1. The van der Waals surface area contributed by atoms with E-state index in [1.807, 2.05) is 25.1 Å². The summed E-state index contributed by atoms with van der Waals surface area (Å²) in [6.45, 7) is 2.36. The van der Waals surface area contributed by atoms with Gasteiger partial charge in [0.15, 0.2) is 11.5 Å². The molecule has 0 saturated heterocycles. The van der Waals surface area contributed by atoms with Gasteiger partial charge >= 0.3 is 0 Å². The van der Waals surface area contributed by atoms with E-state index < -0.39 is 0 Å². The predicted molar refractivity (Wildman–Crippen MR) is 99.0 cm³/mol. The van der Waals surface area contributed by atoms with Gasteiger partial charge < -0.3 is 9.47 Å². The molecule has 2 aromatic carbocycles. The lowest BCUT2D eigenvalue weighted by Crippen LogP contribution is -2.24. The SMILES string of the molecule is COc1ccc(CCn2c(C)nc3ccc(Cl)cc3c2=O)cc1OC. The Kier molecular flexibility index (Phi) is 4.95. The van der Waals surface area contributed by atoms with E-state index in [4.69, 9.17) is 21.1 Å². The molecule has 1 aromatic heterocycles. The van der Waals surface area contributed by atoms with Crippen molar-refractivity contribution in [3.8, 4) is 11.5 Å². The summed E-state index contributed by atoms with van der Waals surface area (Å²) in [5, 5.41) is 1.06. The maximum Gasteiger partial charge on any atom is 0.261 e. The smallest absolute Gasteiger partial charge is 0.261 e. The summed E-state index contributed by atoms with van der Waals surface area (Å²) in [6.07, 6.45) is 0.675. The summed E-state index contributed by atoms with van der Waals surface area (Å²) in [6, 6.07) is 10.9. The van der Waals surface area contributed by atoms with E-state index in [9.17, 15) is 4.79 Å². The van der Waals surface area contributed by atoms with Crippen LogP contribution in [0, 0.1) is 6.92 Å². The van der Waals surface area contributed by atoms with E-state index >= 15 is 0 Å². The van der Waals surface area contributed by atoms with Gasteiger partial charge in [-0.3, -0.25) is 9.36 Å². The maximum absolute atomic E-state index is 12.8. The third-order valence-electron chi connectivity index (χ3n) is 4.18. The van der Waals surface area contributed by atoms with Crippen LogP contribution in [-0.4, -0.2) is 23.8 Å². The fourth-order valence-electron chi connectivity index (χ4n) is 2.84. The molecule has 0 unspecified atom stereocenters. The predicted octanol–water partition coefficient (Wildman–Crippen LogP) is 3.62. The number of hydrogen-bond donors (Lipinski definition) is 0. The quantitative estimate of drug-likeness (QED) is 0.699. The molecule has 0 aliphatic rings. The van der Waals surface area contributed by atoms with Gasteiger partial charge in [-0.15, -0.1) is 0 Å². The lowest BCUT2D eigenvalue weighted by atomic mass is 10.1. The lowest BCUT2D eigenvalue weighted by molar-refractivity contribution is 0.354. The van der Waals surface area contributed by atoms with Gasteiger partial charge in [-0.2, -0.15) is 0 Å². The van der Waals surface area contributed by atoms with Crippen LogP contribution in [0.4, 0.5) is 0 Å². The summed E-state index contributed by atoms with van der Waals surface area (Å²) >= 11 is 6.02. The molecular weight excluding hydrogens is 340 g/mol. The van der Waals surface area contributed by atoms with E-state index in [0.29, 0.717) is 46.2 Å². The molecule has 5 nitrogen and oxygen atoms in total. The minimum absolute atomic E-state index is 0.0783. The fraction of sp³-hybridized carbons (Fsp3) is 0.263. The van der Waals surface area contributed by atoms with Crippen molar-refractivity contribution >= 4 is 22.5 Å². The van der Waals surface area contributed by atoms with Gasteiger partial charge in [-0.1, -0.05) is 17.7 Å². The average Bonchev–Trinajstić information content (AvgIpc) is 2.62. The Morgan fingerprint density at radius 1 is 1.08 bits per heavy atom. The van der Waals surface area contributed by atoms with Gasteiger partial charge in [0.25, 0.3) is 5.56 Å². The molecule has 0 N–H and O–H groups in total. The normalized spacial score (nSPS) is 10.9. The molecule has 0 spiro atoms. The van der Waals surface area contributed by atoms with Gasteiger partial charge in [-0.05, 0) is 49.2 Å². The molecule has 0 bridgehead atoms. The van der Waals surface area contributed by atoms with Crippen molar-refractivity contribution < 1.29 is 9.47 Å². The zero-order valence-electron chi connectivity index (χ0n) is 14.4. The van der Waals surface area contributed by atoms with Crippen molar-refractivity contribution in [1.82, 2.24) is 9.55 Å². The molecule has 3 rings (SSSR count). The van der Waals surface area contributed by atoms with Crippen molar-refractivity contribution in [3.63, 3.8) is 0 Å². The molecule has 0 saturated carbocycles. The highest BCUT2D eigenvalue weighted by Gasteiger charge is 2.10. The number of hydrogen-bond acceptors (Lipinski definition) is 4. The largest absolute Gasteiger partial charge is 0.493 e. The molecule has 1 heterocycles. The Hall–Kier alpha value is -2.53. The van der Waals surface area contributed by atoms with E-state index in [2.05, 4.69) is 4.98 Å². The summed E-state index contributed by atoms with van der Waals surface area (Å²) < 4.78 is 12.3. The Balaban J connectivity index is 1.92. The third-order valence-corrected chi connectivity index (χ3v) is 4.41. The Morgan fingerprint density at radius 2 is 1.84 bits per heavy atom. The van der Waals surface area contributed by atoms with E-state index in [1.165, 1.54) is 0 Å². The second-order valence-electron chi connectivity index (χ2n) is 5.72. The average molecular weight is 359 g/mol. The molecule has 0 aliphatic heterocycles. The number of methoxy groups -OCH3 is 2. The van der Waals surface area contributed by atoms with Crippen LogP contribution in [0.2, 0.25) is 5.02 Å². The van der Waals surface area contributed by atoms with Crippen molar-refractivity contribution in [1.29, 1.82) is 0 Å². The van der Waals surface area contributed by atoms with E-state index in [0.717, 1.165) is 5.56 Å². The highest BCUT2D eigenvalue weighted by atomic mass is 35.5. The molecular formula is C19H19ClN2O3. The number of aryl methyl sites for hydroxylation is 2. The minimum Gasteiger partial charge on any atom is -0.493 e. The number of rotatable bonds is 5. The van der Waals surface area contributed by atoms with Crippen molar-refractivity contribution in [3.05, 3.63) is 63.2 Å². The van der Waals surface area contributed by atoms with E-state index in [1.54, 1.807) is 37.0 Å². The van der Waals surface area contributed by atoms with E-state index in [-0.39, 0.29) is 5.56 Å². The zero-order chi connectivity index (χ0) is 18.0. The highest BCUT2D eigenvalue weighted by molar-refractivity contribution is 6.31. The number of halogens is 1. The van der Waals surface area contributed by atoms with Crippen molar-refractivity contribution in [2.45, 2.75) is 19.9 Å². The molecule has 0 radical (unpaired) electrons. The van der Waals surface area contributed by atoms with Gasteiger partial charge in [0, 0.05) is 11.6 Å². The van der Waals surface area contributed by atoms with Crippen LogP contribution in [0.5, 0.6) is 11.5 Å². The highest BCUT2D eigenvalue weighted by Crippen LogP contribution is 2.27. The van der Waals surface area contributed by atoms with Gasteiger partial charge in [0.1, 0.15) is 5.82 Å². The number of aromatic nitrogens is 2. The lowest BCUT2D eigenvalue weighted by Gasteiger charge is -2.12. The number of fused-ring (bicyclic) bond motifs is 1. The van der Waals surface area contributed by atoms with Crippen LogP contribution in [-0.2, 0) is 13.0 Å². The molecule has 0 fully saturated rings. The first-order valence-electron chi connectivity index (χ1n) is 7.91. The number of ether oxygens (including phenoxy) is 2. The Labute approximate surface area is 150 Å². The van der Waals surface area contributed by atoms with Gasteiger partial charge in [-0.25, -0.2) is 4.98 Å². The summed E-state index contributed by atoms with van der Waals surface area (Å²) in [5.74, 6) is 2.04. The first-order chi connectivity index (χ1) is 12.0. The fourth-order valence-corrected chi connectivity index (χ4v) is 3.02. The molecule has 25 heavy (non-hydrogen) atoms. The van der Waals surface area contributed by atoms with Crippen molar-refractivity contribution in [2.75, 3.05) is 14.2 Å². The van der Waals surface area contributed by atoms with Crippen LogP contribution in [0.15, 0.2) is 41.2 Å². The first kappa shape index (κ1) is 17.3. The Morgan fingerprint density at radius 3 is 2.56 bits per heavy atom. The van der Waals surface area contributed by atoms with Crippen LogP contribution >= 0.6 is 11.6 Å². The Bertz CT molecular complexity index is 982. The van der Waals surface area contributed by atoms with Crippen LogP contribution in [0.1, 0.15) is 11.4 Å². The van der Waals surface area contributed by atoms with Crippen molar-refractivity contribution in [2.24, 2.45) is 0 Å². The number of nitrogens with zero attached hydrogens (tertiary/aromatic N) is 2. The van der Waals surface area contributed by atoms with Crippen LogP contribution in [0.3, 0.4) is 0 Å². The second-order valence-corrected chi connectivity index (χ2v) is 6.15. The van der Waals surface area contributed by atoms with Gasteiger partial charge in [0.05, 0.1) is 25.1 Å². The molecule has 0 amide bonds. The van der Waals surface area contributed by atoms with Crippen LogP contribution < -0.4 is 15.0 Å². The monoisotopic (exact) mass is 358 g/mol.